The van der Waals surface area contributed by atoms with Gasteiger partial charge in [-0.1, -0.05) is 12.1 Å². The van der Waals surface area contributed by atoms with Gasteiger partial charge in [-0.2, -0.15) is 0 Å². The van der Waals surface area contributed by atoms with Crippen molar-refractivity contribution in [2.24, 2.45) is 0 Å². The van der Waals surface area contributed by atoms with Gasteiger partial charge in [0.1, 0.15) is 41.6 Å². The molecule has 1 aliphatic heterocycles. The number of aliphatic hydroxyl groups is 3. The summed E-state index contributed by atoms with van der Waals surface area (Å²) in [6, 6.07) is 6.29. The first kappa shape index (κ1) is 21.5. The molecule has 8 nitrogen and oxygen atoms in total. The van der Waals surface area contributed by atoms with Crippen LogP contribution in [0.5, 0.6) is 5.75 Å². The summed E-state index contributed by atoms with van der Waals surface area (Å²) < 4.78 is 48.2. The smallest absolute Gasteiger partial charge is 0.406 e. The van der Waals surface area contributed by atoms with Crippen molar-refractivity contribution >= 4 is 11.0 Å². The zero-order valence-corrected chi connectivity index (χ0v) is 16.5. The standard InChI is InChI=1S/C20H20F3N3O5/c1-10-13-7-8-26(17(13)25-9-24-10)18-15(28)19(2,29)16(30-18)14(27)11-3-5-12(6-4-11)31-20(21,22)23/h3-9,14-16,18,27-29H,1-2H3/t14?,15-,16+,18+,19-/m0/s1. The molecule has 166 valence electrons. The topological polar surface area (TPSA) is 110 Å². The maximum absolute atomic E-state index is 12.3. The van der Waals surface area contributed by atoms with E-state index < -0.39 is 42.3 Å². The fraction of sp³-hybridized carbons (Fsp3) is 0.400. The first-order chi connectivity index (χ1) is 14.5. The van der Waals surface area contributed by atoms with Gasteiger partial charge in [0.05, 0.1) is 5.69 Å². The highest BCUT2D eigenvalue weighted by atomic mass is 19.4. The maximum Gasteiger partial charge on any atom is 0.573 e. The van der Waals surface area contributed by atoms with Crippen LogP contribution in [-0.4, -0.2) is 54.0 Å². The molecule has 5 atom stereocenters. The number of hydrogen-bond donors (Lipinski definition) is 3. The molecule has 4 rings (SSSR count). The molecular formula is C20H20F3N3O5. The van der Waals surface area contributed by atoms with E-state index in [-0.39, 0.29) is 5.56 Å². The third-order valence-corrected chi connectivity index (χ3v) is 5.46. The summed E-state index contributed by atoms with van der Waals surface area (Å²) in [5, 5.41) is 33.2. The fourth-order valence-corrected chi connectivity index (χ4v) is 3.78. The maximum atomic E-state index is 12.3. The Morgan fingerprint density at radius 2 is 1.87 bits per heavy atom. The third-order valence-electron chi connectivity index (χ3n) is 5.46. The Hall–Kier alpha value is -2.73. The summed E-state index contributed by atoms with van der Waals surface area (Å²) in [6.45, 7) is 3.12. The normalized spacial score (nSPS) is 27.5. The largest absolute Gasteiger partial charge is 0.573 e. The Kier molecular flexibility index (Phi) is 5.16. The van der Waals surface area contributed by atoms with Gasteiger partial charge in [0, 0.05) is 11.6 Å². The zero-order valence-electron chi connectivity index (χ0n) is 16.5. The highest BCUT2D eigenvalue weighted by Crippen LogP contribution is 2.43. The lowest BCUT2D eigenvalue weighted by molar-refractivity contribution is -0.274. The summed E-state index contributed by atoms with van der Waals surface area (Å²) in [5.74, 6) is -0.450. The molecule has 3 aromatic rings. The first-order valence-electron chi connectivity index (χ1n) is 9.37. The van der Waals surface area contributed by atoms with E-state index in [1.807, 2.05) is 0 Å². The molecule has 0 aliphatic carbocycles. The van der Waals surface area contributed by atoms with Gasteiger partial charge in [-0.05, 0) is 37.6 Å². The molecule has 3 N–H and O–H groups in total. The van der Waals surface area contributed by atoms with Gasteiger partial charge >= 0.3 is 6.36 Å². The molecule has 11 heteroatoms. The number of halogens is 3. The molecule has 0 radical (unpaired) electrons. The lowest BCUT2D eigenvalue weighted by Gasteiger charge is -2.29. The van der Waals surface area contributed by atoms with Crippen LogP contribution in [0.4, 0.5) is 13.2 Å². The van der Waals surface area contributed by atoms with Gasteiger partial charge in [0.25, 0.3) is 0 Å². The number of aryl methyl sites for hydroxylation is 1. The Morgan fingerprint density at radius 1 is 1.19 bits per heavy atom. The van der Waals surface area contributed by atoms with Crippen LogP contribution in [0.15, 0.2) is 42.9 Å². The van der Waals surface area contributed by atoms with Crippen molar-refractivity contribution in [3.8, 4) is 5.75 Å². The van der Waals surface area contributed by atoms with Gasteiger partial charge in [-0.3, -0.25) is 0 Å². The van der Waals surface area contributed by atoms with E-state index in [2.05, 4.69) is 14.7 Å². The zero-order chi connectivity index (χ0) is 22.6. The van der Waals surface area contributed by atoms with E-state index in [0.29, 0.717) is 5.65 Å². The van der Waals surface area contributed by atoms with E-state index >= 15 is 0 Å². The summed E-state index contributed by atoms with van der Waals surface area (Å²) in [7, 11) is 0. The number of benzene rings is 1. The second-order valence-corrected chi connectivity index (χ2v) is 7.60. The quantitative estimate of drug-likeness (QED) is 0.573. The Labute approximate surface area is 174 Å². The minimum absolute atomic E-state index is 0.184. The molecule has 0 spiro atoms. The average molecular weight is 439 g/mol. The molecule has 3 heterocycles. The molecule has 2 aromatic heterocycles. The lowest BCUT2D eigenvalue weighted by Crippen LogP contribution is -2.47. The van der Waals surface area contributed by atoms with Crippen LogP contribution in [0.25, 0.3) is 11.0 Å². The van der Waals surface area contributed by atoms with Gasteiger partial charge in [0.15, 0.2) is 6.23 Å². The van der Waals surface area contributed by atoms with Crippen molar-refractivity contribution in [3.05, 3.63) is 54.1 Å². The minimum atomic E-state index is -4.84. The van der Waals surface area contributed by atoms with E-state index in [0.717, 1.165) is 23.2 Å². The van der Waals surface area contributed by atoms with Crippen LogP contribution in [0.2, 0.25) is 0 Å². The third kappa shape index (κ3) is 3.85. The molecule has 1 aliphatic rings. The Balaban J connectivity index is 1.61. The highest BCUT2D eigenvalue weighted by Gasteiger charge is 2.55. The van der Waals surface area contributed by atoms with Crippen molar-refractivity contribution in [1.29, 1.82) is 0 Å². The van der Waals surface area contributed by atoms with Crippen LogP contribution >= 0.6 is 0 Å². The van der Waals surface area contributed by atoms with Gasteiger partial charge in [0.2, 0.25) is 0 Å². The van der Waals surface area contributed by atoms with Gasteiger partial charge < -0.3 is 29.4 Å². The monoisotopic (exact) mass is 439 g/mol. The molecular weight excluding hydrogens is 419 g/mol. The van der Waals surface area contributed by atoms with Crippen molar-refractivity contribution in [2.75, 3.05) is 0 Å². The fourth-order valence-electron chi connectivity index (χ4n) is 3.78. The van der Waals surface area contributed by atoms with Crippen LogP contribution < -0.4 is 4.74 Å². The van der Waals surface area contributed by atoms with Gasteiger partial charge in [-0.25, -0.2) is 9.97 Å². The number of fused-ring (bicyclic) bond motifs is 1. The van der Waals surface area contributed by atoms with E-state index in [9.17, 15) is 28.5 Å². The SMILES string of the molecule is Cc1ncnc2c1ccn2[C@@H]1O[C@H](C(O)c2ccc(OC(F)(F)F)cc2)[C@@](C)(O)[C@H]1O. The predicted octanol–water partition coefficient (Wildman–Crippen LogP) is 2.38. The molecule has 1 fully saturated rings. The molecule has 0 saturated carbocycles. The van der Waals surface area contributed by atoms with Crippen LogP contribution in [0, 0.1) is 6.92 Å². The van der Waals surface area contributed by atoms with E-state index in [4.69, 9.17) is 4.74 Å². The van der Waals surface area contributed by atoms with Crippen molar-refractivity contribution in [2.45, 2.75) is 50.4 Å². The van der Waals surface area contributed by atoms with Gasteiger partial charge in [-0.15, -0.1) is 13.2 Å². The molecule has 1 aromatic carbocycles. The van der Waals surface area contributed by atoms with Crippen molar-refractivity contribution < 1.29 is 38.0 Å². The van der Waals surface area contributed by atoms with Crippen molar-refractivity contribution in [3.63, 3.8) is 0 Å². The summed E-state index contributed by atoms with van der Waals surface area (Å²) in [5.41, 5.74) is -0.482. The summed E-state index contributed by atoms with van der Waals surface area (Å²) in [4.78, 5) is 8.32. The summed E-state index contributed by atoms with van der Waals surface area (Å²) >= 11 is 0. The second-order valence-electron chi connectivity index (χ2n) is 7.60. The van der Waals surface area contributed by atoms with E-state index in [1.54, 1.807) is 19.2 Å². The number of rotatable bonds is 4. The molecule has 1 unspecified atom stereocenters. The van der Waals surface area contributed by atoms with E-state index in [1.165, 1.54) is 30.0 Å². The lowest BCUT2D eigenvalue weighted by atomic mass is 9.88. The molecule has 31 heavy (non-hydrogen) atoms. The Morgan fingerprint density at radius 3 is 2.52 bits per heavy atom. The number of aromatic nitrogens is 3. The molecule has 0 bridgehead atoms. The van der Waals surface area contributed by atoms with Crippen LogP contribution in [0.1, 0.15) is 30.5 Å². The molecule has 1 saturated heterocycles. The number of ether oxygens (including phenoxy) is 2. The predicted molar refractivity (Wildman–Crippen MR) is 101 cm³/mol. The molecule has 0 amide bonds. The number of aliphatic hydroxyl groups excluding tert-OH is 2. The van der Waals surface area contributed by atoms with Crippen molar-refractivity contribution in [1.82, 2.24) is 14.5 Å². The number of nitrogens with zero attached hydrogens (tertiary/aromatic N) is 3. The van der Waals surface area contributed by atoms with Crippen LogP contribution in [-0.2, 0) is 4.74 Å². The number of alkyl halides is 3. The second kappa shape index (κ2) is 7.45. The average Bonchev–Trinajstić information content (AvgIpc) is 3.21. The summed E-state index contributed by atoms with van der Waals surface area (Å²) in [6.07, 6.45) is -7.04. The number of hydrogen-bond acceptors (Lipinski definition) is 7. The van der Waals surface area contributed by atoms with Crippen LogP contribution in [0.3, 0.4) is 0 Å². The first-order valence-corrected chi connectivity index (χ1v) is 9.37. The minimum Gasteiger partial charge on any atom is -0.406 e. The Bertz CT molecular complexity index is 1080. The highest BCUT2D eigenvalue weighted by molar-refractivity contribution is 5.78.